The van der Waals surface area contributed by atoms with Gasteiger partial charge in [-0.05, 0) is 36.2 Å². The van der Waals surface area contributed by atoms with E-state index in [1.807, 2.05) is 37.3 Å². The van der Waals surface area contributed by atoms with Crippen molar-refractivity contribution in [2.75, 3.05) is 6.61 Å². The van der Waals surface area contributed by atoms with Gasteiger partial charge >= 0.3 is 0 Å². The fourth-order valence-electron chi connectivity index (χ4n) is 1.85. The van der Waals surface area contributed by atoms with Gasteiger partial charge in [-0.1, -0.05) is 57.3 Å². The Hall–Kier alpha value is -0.410. The molecule has 1 unspecified atom stereocenters. The molecule has 0 saturated carbocycles. The third-order valence-electron chi connectivity index (χ3n) is 2.81. The van der Waals surface area contributed by atoms with E-state index in [-0.39, 0.29) is 5.38 Å². The Labute approximate surface area is 141 Å². The molecule has 2 aromatic rings. The van der Waals surface area contributed by atoms with E-state index in [1.165, 1.54) is 0 Å². The molecule has 0 bridgehead atoms. The van der Waals surface area contributed by atoms with Gasteiger partial charge in [-0.15, -0.1) is 11.6 Å². The normalized spacial score (nSPS) is 12.2. The standard InChI is InChI=1S/C15H12BrCl3O/c1-2-20-9-6-7-10(12(16)8-9)14(18)11-4-3-5-13(17)15(11)19/h3-8,14H,2H2,1H3. The average molecular weight is 395 g/mol. The first-order chi connectivity index (χ1) is 9.54. The van der Waals surface area contributed by atoms with Crippen LogP contribution in [0, 0.1) is 0 Å². The van der Waals surface area contributed by atoms with Crippen molar-refractivity contribution in [1.82, 2.24) is 0 Å². The highest BCUT2D eigenvalue weighted by Crippen LogP contribution is 2.40. The minimum absolute atomic E-state index is 0.383. The van der Waals surface area contributed by atoms with Gasteiger partial charge in [-0.25, -0.2) is 0 Å². The maximum Gasteiger partial charge on any atom is 0.120 e. The highest BCUT2D eigenvalue weighted by atomic mass is 79.9. The van der Waals surface area contributed by atoms with E-state index in [0.29, 0.717) is 16.7 Å². The number of hydrogen-bond acceptors (Lipinski definition) is 1. The Bertz CT molecular complexity index is 616. The van der Waals surface area contributed by atoms with Gasteiger partial charge in [-0.2, -0.15) is 0 Å². The molecule has 0 heterocycles. The van der Waals surface area contributed by atoms with Crippen LogP contribution in [0.3, 0.4) is 0 Å². The van der Waals surface area contributed by atoms with Crippen molar-refractivity contribution in [3.8, 4) is 5.75 Å². The Kier molecular flexibility index (Phi) is 5.62. The van der Waals surface area contributed by atoms with Gasteiger partial charge in [0, 0.05) is 4.47 Å². The van der Waals surface area contributed by atoms with Crippen LogP contribution in [0.5, 0.6) is 5.75 Å². The molecule has 0 fully saturated rings. The monoisotopic (exact) mass is 392 g/mol. The van der Waals surface area contributed by atoms with Crippen molar-refractivity contribution in [2.24, 2.45) is 0 Å². The van der Waals surface area contributed by atoms with Gasteiger partial charge in [-0.3, -0.25) is 0 Å². The molecule has 0 amide bonds. The van der Waals surface area contributed by atoms with Crippen LogP contribution in [0.1, 0.15) is 23.4 Å². The molecule has 5 heteroatoms. The first-order valence-corrected chi connectivity index (χ1v) is 8.03. The number of halogens is 4. The second-order valence-corrected chi connectivity index (χ2v) is 6.20. The Morgan fingerprint density at radius 3 is 2.55 bits per heavy atom. The van der Waals surface area contributed by atoms with Crippen molar-refractivity contribution in [3.05, 3.63) is 62.0 Å². The summed E-state index contributed by atoms with van der Waals surface area (Å²) in [5, 5.41) is 0.595. The maximum atomic E-state index is 6.53. The molecule has 0 aliphatic rings. The van der Waals surface area contributed by atoms with Gasteiger partial charge < -0.3 is 4.74 Å². The quantitative estimate of drug-likeness (QED) is 0.539. The lowest BCUT2D eigenvalue weighted by Crippen LogP contribution is -1.98. The summed E-state index contributed by atoms with van der Waals surface area (Å²) in [6.45, 7) is 2.56. The third kappa shape index (κ3) is 3.43. The molecule has 0 aliphatic heterocycles. The molecular formula is C15H12BrCl3O. The molecule has 0 spiro atoms. The molecule has 0 saturated heterocycles. The summed E-state index contributed by atoms with van der Waals surface area (Å²) in [5.74, 6) is 0.796. The van der Waals surface area contributed by atoms with Crippen LogP contribution >= 0.6 is 50.7 Å². The number of benzene rings is 2. The van der Waals surface area contributed by atoms with Gasteiger partial charge in [0.05, 0.1) is 22.0 Å². The summed E-state index contributed by atoms with van der Waals surface area (Å²) in [7, 11) is 0. The van der Waals surface area contributed by atoms with Crippen molar-refractivity contribution in [1.29, 1.82) is 0 Å². The first kappa shape index (κ1) is 16.0. The number of ether oxygens (including phenoxy) is 1. The molecule has 2 aromatic carbocycles. The molecule has 1 nitrogen and oxygen atoms in total. The fourth-order valence-corrected chi connectivity index (χ4v) is 3.42. The lowest BCUT2D eigenvalue weighted by molar-refractivity contribution is 0.340. The summed E-state index contributed by atoms with van der Waals surface area (Å²) in [4.78, 5) is 0. The van der Waals surface area contributed by atoms with E-state index >= 15 is 0 Å². The van der Waals surface area contributed by atoms with Crippen molar-refractivity contribution < 1.29 is 4.74 Å². The predicted molar refractivity (Wildman–Crippen MR) is 89.5 cm³/mol. The molecule has 0 N–H and O–H groups in total. The van der Waals surface area contributed by atoms with Crippen molar-refractivity contribution >= 4 is 50.7 Å². The van der Waals surface area contributed by atoms with Gasteiger partial charge in [0.2, 0.25) is 0 Å². The van der Waals surface area contributed by atoms with Crippen LogP contribution in [-0.4, -0.2) is 6.61 Å². The summed E-state index contributed by atoms with van der Waals surface area (Å²) in [5.41, 5.74) is 1.70. The lowest BCUT2D eigenvalue weighted by atomic mass is 10.0. The van der Waals surface area contributed by atoms with Crippen LogP contribution < -0.4 is 4.74 Å². The summed E-state index contributed by atoms with van der Waals surface area (Å²) < 4.78 is 6.32. The molecule has 106 valence electrons. The highest BCUT2D eigenvalue weighted by Gasteiger charge is 2.18. The topological polar surface area (TPSA) is 9.23 Å². The van der Waals surface area contributed by atoms with Crippen LogP contribution in [0.25, 0.3) is 0 Å². The number of rotatable bonds is 4. The van der Waals surface area contributed by atoms with Gasteiger partial charge in [0.1, 0.15) is 5.75 Å². The molecule has 0 radical (unpaired) electrons. The second kappa shape index (κ2) is 7.04. The van der Waals surface area contributed by atoms with E-state index in [2.05, 4.69) is 15.9 Å². The van der Waals surface area contributed by atoms with Crippen molar-refractivity contribution in [2.45, 2.75) is 12.3 Å². The Morgan fingerprint density at radius 1 is 1.15 bits per heavy atom. The number of hydrogen-bond donors (Lipinski definition) is 0. The first-order valence-electron chi connectivity index (χ1n) is 6.04. The van der Waals surface area contributed by atoms with Crippen LogP contribution in [0.4, 0.5) is 0 Å². The average Bonchev–Trinajstić information content (AvgIpc) is 2.42. The summed E-state index contributed by atoms with van der Waals surface area (Å²) in [6, 6.07) is 11.1. The third-order valence-corrected chi connectivity index (χ3v) is 4.80. The summed E-state index contributed by atoms with van der Waals surface area (Å²) >= 11 is 22.3. The Balaban J connectivity index is 2.38. The second-order valence-electron chi connectivity index (χ2n) is 4.12. The molecule has 0 aliphatic carbocycles. The van der Waals surface area contributed by atoms with Crippen LogP contribution in [0.15, 0.2) is 40.9 Å². The predicted octanol–water partition coefficient (Wildman–Crippen LogP) is 6.48. The van der Waals surface area contributed by atoms with E-state index in [9.17, 15) is 0 Å². The SMILES string of the molecule is CCOc1ccc(C(Cl)c2cccc(Cl)c2Cl)c(Br)c1. The van der Waals surface area contributed by atoms with Crippen molar-refractivity contribution in [3.63, 3.8) is 0 Å². The lowest BCUT2D eigenvalue weighted by Gasteiger charge is -2.15. The minimum Gasteiger partial charge on any atom is -0.494 e. The molecule has 20 heavy (non-hydrogen) atoms. The molecular weight excluding hydrogens is 382 g/mol. The van der Waals surface area contributed by atoms with E-state index < -0.39 is 0 Å². The molecule has 1 atom stereocenters. The van der Waals surface area contributed by atoms with Crippen LogP contribution in [-0.2, 0) is 0 Å². The highest BCUT2D eigenvalue weighted by molar-refractivity contribution is 9.10. The summed E-state index contributed by atoms with van der Waals surface area (Å²) in [6.07, 6.45) is 0. The van der Waals surface area contributed by atoms with Gasteiger partial charge in [0.15, 0.2) is 0 Å². The minimum atomic E-state index is -0.383. The van der Waals surface area contributed by atoms with E-state index in [1.54, 1.807) is 6.07 Å². The zero-order valence-corrected chi connectivity index (χ0v) is 14.5. The molecule has 0 aromatic heterocycles. The van der Waals surface area contributed by atoms with Gasteiger partial charge in [0.25, 0.3) is 0 Å². The zero-order chi connectivity index (χ0) is 14.7. The van der Waals surface area contributed by atoms with E-state index in [4.69, 9.17) is 39.5 Å². The maximum absolute atomic E-state index is 6.53. The Morgan fingerprint density at radius 2 is 1.90 bits per heavy atom. The van der Waals surface area contributed by atoms with E-state index in [0.717, 1.165) is 21.3 Å². The zero-order valence-electron chi connectivity index (χ0n) is 10.7. The molecule has 2 rings (SSSR count). The largest absolute Gasteiger partial charge is 0.494 e. The van der Waals surface area contributed by atoms with Crippen LogP contribution in [0.2, 0.25) is 10.0 Å². The smallest absolute Gasteiger partial charge is 0.120 e. The number of alkyl halides is 1. The fraction of sp³-hybridized carbons (Fsp3) is 0.200.